The number of carbonyl (C=O) groups is 2. The molecule has 35 heavy (non-hydrogen) atoms. The predicted molar refractivity (Wildman–Crippen MR) is 142 cm³/mol. The summed E-state index contributed by atoms with van der Waals surface area (Å²) in [5, 5.41) is 15.4. The van der Waals surface area contributed by atoms with Gasteiger partial charge in [-0.05, 0) is 62.1 Å². The first kappa shape index (κ1) is 26.2. The van der Waals surface area contributed by atoms with Gasteiger partial charge in [0, 0.05) is 17.8 Å². The summed E-state index contributed by atoms with van der Waals surface area (Å²) < 4.78 is 1.90. The lowest BCUT2D eigenvalue weighted by molar-refractivity contribution is -0.113. The number of nitrogens with zero attached hydrogens (tertiary/aromatic N) is 3. The van der Waals surface area contributed by atoms with E-state index < -0.39 is 0 Å². The molecule has 0 unspecified atom stereocenters. The van der Waals surface area contributed by atoms with Crippen LogP contribution in [0.5, 0.6) is 0 Å². The normalized spacial score (nSPS) is 11.8. The number of nitrogens with one attached hydrogen (secondary N) is 2. The Bertz CT molecular complexity index is 1220. The summed E-state index contributed by atoms with van der Waals surface area (Å²) in [6.45, 7) is 14.4. The molecule has 0 saturated carbocycles. The van der Waals surface area contributed by atoms with Crippen molar-refractivity contribution in [3.05, 3.63) is 83.2 Å². The quantitative estimate of drug-likeness (QED) is 0.299. The summed E-state index contributed by atoms with van der Waals surface area (Å²) in [6.07, 6.45) is 1.76. The number of anilines is 1. The molecule has 2 N–H and O–H groups in total. The number of rotatable bonds is 10. The van der Waals surface area contributed by atoms with E-state index in [9.17, 15) is 9.59 Å². The lowest BCUT2D eigenvalue weighted by Gasteiger charge is -2.22. The fraction of sp³-hybridized carbons (Fsp3) is 0.333. The first-order valence-corrected chi connectivity index (χ1v) is 12.6. The monoisotopic (exact) mass is 491 g/mol. The molecule has 0 aliphatic carbocycles. The third kappa shape index (κ3) is 6.82. The van der Waals surface area contributed by atoms with Crippen LogP contribution in [0.4, 0.5) is 5.69 Å². The maximum atomic E-state index is 12.9. The Hall–Kier alpha value is -3.39. The molecule has 2 amide bonds. The number of thioether (sulfide) groups is 1. The van der Waals surface area contributed by atoms with Crippen molar-refractivity contribution in [2.24, 2.45) is 5.92 Å². The molecular weight excluding hydrogens is 458 g/mol. The van der Waals surface area contributed by atoms with Crippen molar-refractivity contribution in [3.63, 3.8) is 0 Å². The summed E-state index contributed by atoms with van der Waals surface area (Å²) >= 11 is 1.31. The highest BCUT2D eigenvalue weighted by molar-refractivity contribution is 7.99. The van der Waals surface area contributed by atoms with Crippen molar-refractivity contribution >= 4 is 29.3 Å². The van der Waals surface area contributed by atoms with Crippen LogP contribution in [0, 0.1) is 26.7 Å². The zero-order chi connectivity index (χ0) is 25.5. The van der Waals surface area contributed by atoms with Crippen molar-refractivity contribution in [1.82, 2.24) is 20.1 Å². The summed E-state index contributed by atoms with van der Waals surface area (Å²) in [4.78, 5) is 25.5. The molecule has 7 nitrogen and oxygen atoms in total. The zero-order valence-corrected chi connectivity index (χ0v) is 21.8. The number of allylic oxidation sites excluding steroid dienone is 1. The van der Waals surface area contributed by atoms with Gasteiger partial charge in [-0.25, -0.2) is 0 Å². The Labute approximate surface area is 211 Å². The number of benzene rings is 2. The highest BCUT2D eigenvalue weighted by Crippen LogP contribution is 2.26. The second kappa shape index (κ2) is 11.8. The van der Waals surface area contributed by atoms with Crippen molar-refractivity contribution in [2.45, 2.75) is 52.4 Å². The summed E-state index contributed by atoms with van der Waals surface area (Å²) in [6, 6.07) is 13.0. The molecule has 0 aliphatic rings. The van der Waals surface area contributed by atoms with Gasteiger partial charge in [0.25, 0.3) is 5.91 Å². The third-order valence-corrected chi connectivity index (χ3v) is 6.66. The second-order valence-corrected chi connectivity index (χ2v) is 9.88. The largest absolute Gasteiger partial charge is 0.342 e. The lowest BCUT2D eigenvalue weighted by atomic mass is 10.0. The van der Waals surface area contributed by atoms with Crippen LogP contribution in [0.3, 0.4) is 0 Å². The fourth-order valence-electron chi connectivity index (χ4n) is 3.62. The number of amides is 2. The number of hydrogen-bond donors (Lipinski definition) is 2. The van der Waals surface area contributed by atoms with E-state index in [2.05, 4.69) is 27.4 Å². The molecule has 1 aromatic heterocycles. The van der Waals surface area contributed by atoms with Gasteiger partial charge in [-0.3, -0.25) is 9.59 Å². The molecule has 1 atom stereocenters. The number of aryl methyl sites for hydroxylation is 3. The van der Waals surface area contributed by atoms with Crippen molar-refractivity contribution in [1.29, 1.82) is 0 Å². The molecule has 0 bridgehead atoms. The Balaban J connectivity index is 1.75. The molecule has 0 spiro atoms. The Morgan fingerprint density at radius 2 is 1.86 bits per heavy atom. The predicted octanol–water partition coefficient (Wildman–Crippen LogP) is 5.25. The highest BCUT2D eigenvalue weighted by atomic mass is 32.2. The molecule has 1 heterocycles. The number of carbonyl (C=O) groups excluding carboxylic acids is 2. The zero-order valence-electron chi connectivity index (χ0n) is 21.0. The average molecular weight is 492 g/mol. The minimum Gasteiger partial charge on any atom is -0.342 e. The molecule has 0 saturated heterocycles. The van der Waals surface area contributed by atoms with E-state index in [4.69, 9.17) is 0 Å². The summed E-state index contributed by atoms with van der Waals surface area (Å²) in [5.74, 6) is 0.605. The average Bonchev–Trinajstić information content (AvgIpc) is 3.20. The van der Waals surface area contributed by atoms with E-state index in [0.29, 0.717) is 23.1 Å². The van der Waals surface area contributed by atoms with E-state index in [0.717, 1.165) is 16.8 Å². The lowest BCUT2D eigenvalue weighted by Crippen LogP contribution is -2.34. The molecule has 3 aromatic rings. The van der Waals surface area contributed by atoms with Crippen LogP contribution in [0.15, 0.2) is 60.3 Å². The van der Waals surface area contributed by atoms with Crippen molar-refractivity contribution in [2.75, 3.05) is 11.1 Å². The standard InChI is InChI=1S/C27H33N5O2S/c1-7-13-32-25(24(17(2)3)29-26(34)21-10-8-9-18(4)14-21)30-31-27(32)35-16-23(33)28-22-12-11-19(5)20(6)15-22/h7-12,14-15,17,24H,1,13,16H2,2-6H3,(H,28,33)(H,29,34)/t24-/m0/s1. The maximum Gasteiger partial charge on any atom is 0.251 e. The van der Waals surface area contributed by atoms with Gasteiger partial charge in [0.05, 0.1) is 11.8 Å². The Morgan fingerprint density at radius 3 is 2.51 bits per heavy atom. The third-order valence-electron chi connectivity index (χ3n) is 5.69. The summed E-state index contributed by atoms with van der Waals surface area (Å²) in [5.41, 5.74) is 4.69. The Morgan fingerprint density at radius 1 is 1.09 bits per heavy atom. The molecule has 0 aliphatic heterocycles. The molecule has 2 aromatic carbocycles. The fourth-order valence-corrected chi connectivity index (χ4v) is 4.38. The van der Waals surface area contributed by atoms with E-state index in [1.165, 1.54) is 17.3 Å². The van der Waals surface area contributed by atoms with Crippen LogP contribution in [-0.4, -0.2) is 32.3 Å². The highest BCUT2D eigenvalue weighted by Gasteiger charge is 2.26. The van der Waals surface area contributed by atoms with Crippen molar-refractivity contribution in [3.8, 4) is 0 Å². The van der Waals surface area contributed by atoms with Crippen molar-refractivity contribution < 1.29 is 9.59 Å². The van der Waals surface area contributed by atoms with Gasteiger partial charge in [-0.15, -0.1) is 16.8 Å². The van der Waals surface area contributed by atoms with Crippen LogP contribution in [0.2, 0.25) is 0 Å². The first-order valence-electron chi connectivity index (χ1n) is 11.6. The van der Waals surface area contributed by atoms with Crippen LogP contribution in [-0.2, 0) is 11.3 Å². The number of aromatic nitrogens is 3. The minimum atomic E-state index is -0.353. The van der Waals surface area contributed by atoms with Gasteiger partial charge in [-0.1, -0.05) is 55.4 Å². The minimum absolute atomic E-state index is 0.0717. The van der Waals surface area contributed by atoms with Crippen LogP contribution in [0.1, 0.15) is 52.8 Å². The molecule has 8 heteroatoms. The molecule has 0 fully saturated rings. The van der Waals surface area contributed by atoms with Gasteiger partial charge in [0.1, 0.15) is 0 Å². The SMILES string of the molecule is C=CCn1c(SCC(=O)Nc2ccc(C)c(C)c2)nnc1[C@@H](NC(=O)c1cccc(C)c1)C(C)C. The molecule has 0 radical (unpaired) electrons. The smallest absolute Gasteiger partial charge is 0.251 e. The molecule has 184 valence electrons. The van der Waals surface area contributed by atoms with E-state index >= 15 is 0 Å². The van der Waals surface area contributed by atoms with Crippen LogP contribution >= 0.6 is 11.8 Å². The second-order valence-electron chi connectivity index (χ2n) is 8.94. The topological polar surface area (TPSA) is 88.9 Å². The summed E-state index contributed by atoms with van der Waals surface area (Å²) in [7, 11) is 0. The van der Waals surface area contributed by atoms with Gasteiger partial charge < -0.3 is 15.2 Å². The number of hydrogen-bond acceptors (Lipinski definition) is 5. The van der Waals surface area contributed by atoms with E-state index in [1.807, 2.05) is 75.6 Å². The first-order chi connectivity index (χ1) is 16.7. The molecular formula is C27H33N5O2S. The van der Waals surface area contributed by atoms with Crippen LogP contribution in [0.25, 0.3) is 0 Å². The van der Waals surface area contributed by atoms with E-state index in [1.54, 1.807) is 12.1 Å². The van der Waals surface area contributed by atoms with Crippen LogP contribution < -0.4 is 10.6 Å². The maximum absolute atomic E-state index is 12.9. The van der Waals surface area contributed by atoms with E-state index in [-0.39, 0.29) is 29.5 Å². The van der Waals surface area contributed by atoms with Gasteiger partial charge in [0.2, 0.25) is 5.91 Å². The Kier molecular flexibility index (Phi) is 8.87. The van der Waals surface area contributed by atoms with Gasteiger partial charge in [-0.2, -0.15) is 0 Å². The van der Waals surface area contributed by atoms with Gasteiger partial charge >= 0.3 is 0 Å². The molecule has 3 rings (SSSR count). The van der Waals surface area contributed by atoms with Gasteiger partial charge in [0.15, 0.2) is 11.0 Å².